The highest BCUT2D eigenvalue weighted by Crippen LogP contribution is 2.28. The third kappa shape index (κ3) is 4.45. The average molecular weight is 395 g/mol. The van der Waals surface area contributed by atoms with E-state index in [0.29, 0.717) is 23.0 Å². The maximum absolute atomic E-state index is 12.8. The molecule has 1 N–H and O–H groups in total. The molecule has 3 rings (SSSR count). The van der Waals surface area contributed by atoms with E-state index in [1.54, 1.807) is 36.7 Å². The van der Waals surface area contributed by atoms with Crippen molar-refractivity contribution in [3.8, 4) is 11.4 Å². The number of Topliss-reactive ketones (excluding diaryl/α,β-unsaturated/α-hetero) is 1. The Morgan fingerprint density at radius 2 is 1.79 bits per heavy atom. The van der Waals surface area contributed by atoms with Gasteiger partial charge in [0.2, 0.25) is 5.91 Å². The molecule has 0 fully saturated rings. The van der Waals surface area contributed by atoms with Gasteiger partial charge in [0, 0.05) is 42.7 Å². The molecule has 1 atom stereocenters. The molecule has 2 heterocycles. The zero-order chi connectivity index (χ0) is 20.1. The van der Waals surface area contributed by atoms with Crippen LogP contribution >= 0.6 is 11.8 Å². The van der Waals surface area contributed by atoms with Gasteiger partial charge in [0.15, 0.2) is 16.8 Å². The number of thioether (sulfide) groups is 1. The normalized spacial score (nSPS) is 11.8. The Hall–Kier alpha value is -3.00. The number of aromatic nitrogens is 4. The second-order valence-electron chi connectivity index (χ2n) is 6.17. The smallest absolute Gasteiger partial charge is 0.221 e. The van der Waals surface area contributed by atoms with Crippen molar-refractivity contribution < 1.29 is 9.59 Å². The number of ketones is 1. The van der Waals surface area contributed by atoms with Crippen LogP contribution in [0.15, 0.2) is 53.9 Å². The van der Waals surface area contributed by atoms with Gasteiger partial charge in [-0.05, 0) is 50.2 Å². The summed E-state index contributed by atoms with van der Waals surface area (Å²) in [5, 5.41) is 11.6. The zero-order valence-electron chi connectivity index (χ0n) is 15.9. The largest absolute Gasteiger partial charge is 0.326 e. The van der Waals surface area contributed by atoms with Crippen LogP contribution in [0.2, 0.25) is 0 Å². The fraction of sp³-hybridized carbons (Fsp3) is 0.250. The molecular weight excluding hydrogens is 374 g/mol. The first kappa shape index (κ1) is 19.8. The molecule has 3 aromatic rings. The van der Waals surface area contributed by atoms with Crippen molar-refractivity contribution in [2.24, 2.45) is 0 Å². The standard InChI is InChI=1S/C20H21N5O2S/c1-4-25-19(16-9-11-21-12-10-16)23-24-20(25)28-13(2)18(27)15-5-7-17(8-6-15)22-14(3)26/h5-13H,4H2,1-3H3,(H,22,26)/t13-/m1/s1. The van der Waals surface area contributed by atoms with Gasteiger partial charge >= 0.3 is 0 Å². The van der Waals surface area contributed by atoms with Crippen LogP contribution in [0.3, 0.4) is 0 Å². The van der Waals surface area contributed by atoms with Crippen LogP contribution in [0, 0.1) is 0 Å². The van der Waals surface area contributed by atoms with Gasteiger partial charge in [-0.15, -0.1) is 10.2 Å². The molecule has 144 valence electrons. The summed E-state index contributed by atoms with van der Waals surface area (Å²) in [7, 11) is 0. The van der Waals surface area contributed by atoms with E-state index in [4.69, 9.17) is 0 Å². The van der Waals surface area contributed by atoms with Gasteiger partial charge in [-0.2, -0.15) is 0 Å². The second kappa shape index (κ2) is 8.79. The monoisotopic (exact) mass is 395 g/mol. The van der Waals surface area contributed by atoms with Crippen molar-refractivity contribution in [3.63, 3.8) is 0 Å². The summed E-state index contributed by atoms with van der Waals surface area (Å²) in [5.74, 6) is 0.606. The van der Waals surface area contributed by atoms with Gasteiger partial charge in [-0.3, -0.25) is 14.6 Å². The van der Waals surface area contributed by atoms with Crippen molar-refractivity contribution in [1.29, 1.82) is 0 Å². The maximum Gasteiger partial charge on any atom is 0.221 e. The Kier molecular flexibility index (Phi) is 6.20. The number of amides is 1. The number of nitrogens with one attached hydrogen (secondary N) is 1. The molecule has 7 nitrogen and oxygen atoms in total. The summed E-state index contributed by atoms with van der Waals surface area (Å²) < 4.78 is 1.99. The van der Waals surface area contributed by atoms with Gasteiger partial charge in [-0.25, -0.2) is 0 Å². The molecule has 0 aliphatic heterocycles. The highest BCUT2D eigenvalue weighted by atomic mass is 32.2. The molecule has 0 bridgehead atoms. The van der Waals surface area contributed by atoms with Gasteiger partial charge < -0.3 is 9.88 Å². The molecule has 0 aliphatic carbocycles. The Bertz CT molecular complexity index is 970. The predicted molar refractivity (Wildman–Crippen MR) is 109 cm³/mol. The van der Waals surface area contributed by atoms with Crippen LogP contribution in [0.25, 0.3) is 11.4 Å². The fourth-order valence-corrected chi connectivity index (χ4v) is 3.73. The number of carbonyl (C=O) groups excluding carboxylic acids is 2. The molecule has 0 saturated heterocycles. The molecule has 8 heteroatoms. The molecule has 1 aromatic carbocycles. The van der Waals surface area contributed by atoms with Gasteiger partial charge in [-0.1, -0.05) is 11.8 Å². The van der Waals surface area contributed by atoms with Crippen LogP contribution in [0.5, 0.6) is 0 Å². The van der Waals surface area contributed by atoms with Crippen molar-refractivity contribution >= 4 is 29.1 Å². The summed E-state index contributed by atoms with van der Waals surface area (Å²) in [5.41, 5.74) is 2.19. The first-order valence-electron chi connectivity index (χ1n) is 8.91. The predicted octanol–water partition coefficient (Wildman–Crippen LogP) is 3.68. The number of hydrogen-bond acceptors (Lipinski definition) is 6. The summed E-state index contributed by atoms with van der Waals surface area (Å²) in [6.07, 6.45) is 3.43. The number of pyridine rings is 1. The lowest BCUT2D eigenvalue weighted by Gasteiger charge is -2.12. The number of hydrogen-bond donors (Lipinski definition) is 1. The van der Waals surface area contributed by atoms with Gasteiger partial charge in [0.25, 0.3) is 0 Å². The van der Waals surface area contributed by atoms with Crippen LogP contribution in [-0.2, 0) is 11.3 Å². The quantitative estimate of drug-likeness (QED) is 0.485. The van der Waals surface area contributed by atoms with E-state index < -0.39 is 0 Å². The molecule has 0 saturated carbocycles. The number of rotatable bonds is 7. The van der Waals surface area contributed by atoms with Gasteiger partial charge in [0.05, 0.1) is 5.25 Å². The first-order chi connectivity index (χ1) is 13.5. The molecule has 2 aromatic heterocycles. The Morgan fingerprint density at radius 3 is 2.39 bits per heavy atom. The topological polar surface area (TPSA) is 89.8 Å². The van der Waals surface area contributed by atoms with Crippen molar-refractivity contribution in [2.45, 2.75) is 37.7 Å². The number of nitrogens with zero attached hydrogens (tertiary/aromatic N) is 4. The lowest BCUT2D eigenvalue weighted by Crippen LogP contribution is -2.15. The van der Waals surface area contributed by atoms with E-state index in [0.717, 1.165) is 11.4 Å². The summed E-state index contributed by atoms with van der Waals surface area (Å²) in [6, 6.07) is 10.7. The zero-order valence-corrected chi connectivity index (χ0v) is 16.7. The molecule has 0 unspecified atom stereocenters. The molecule has 28 heavy (non-hydrogen) atoms. The highest BCUT2D eigenvalue weighted by molar-refractivity contribution is 8.00. The minimum Gasteiger partial charge on any atom is -0.326 e. The van der Waals surface area contributed by atoms with Crippen LogP contribution < -0.4 is 5.32 Å². The highest BCUT2D eigenvalue weighted by Gasteiger charge is 2.21. The van der Waals surface area contributed by atoms with E-state index in [9.17, 15) is 9.59 Å². The minimum atomic E-state index is -0.327. The number of anilines is 1. The lowest BCUT2D eigenvalue weighted by atomic mass is 10.1. The summed E-state index contributed by atoms with van der Waals surface area (Å²) in [6.45, 7) is 6.02. The van der Waals surface area contributed by atoms with E-state index in [2.05, 4.69) is 20.5 Å². The first-order valence-corrected chi connectivity index (χ1v) is 9.79. The van der Waals surface area contributed by atoms with E-state index in [-0.39, 0.29) is 16.9 Å². The maximum atomic E-state index is 12.8. The van der Waals surface area contributed by atoms with Crippen LogP contribution in [-0.4, -0.2) is 36.7 Å². The van der Waals surface area contributed by atoms with Crippen molar-refractivity contribution in [1.82, 2.24) is 19.7 Å². The Morgan fingerprint density at radius 1 is 1.11 bits per heavy atom. The molecule has 1 amide bonds. The molecule has 0 spiro atoms. The third-order valence-electron chi connectivity index (χ3n) is 4.11. The Balaban J connectivity index is 1.75. The van der Waals surface area contributed by atoms with E-state index in [1.807, 2.05) is 30.5 Å². The SMILES string of the molecule is CCn1c(S[C@H](C)C(=O)c2ccc(NC(C)=O)cc2)nnc1-c1ccncc1. The fourth-order valence-electron chi connectivity index (χ4n) is 2.74. The molecular formula is C20H21N5O2S. The van der Waals surface area contributed by atoms with Crippen molar-refractivity contribution in [2.75, 3.05) is 5.32 Å². The van der Waals surface area contributed by atoms with Gasteiger partial charge in [0.1, 0.15) is 0 Å². The summed E-state index contributed by atoms with van der Waals surface area (Å²) in [4.78, 5) is 27.9. The van der Waals surface area contributed by atoms with Crippen LogP contribution in [0.1, 0.15) is 31.1 Å². The molecule has 0 aliphatic rings. The lowest BCUT2D eigenvalue weighted by molar-refractivity contribution is -0.114. The van der Waals surface area contributed by atoms with E-state index in [1.165, 1.54) is 18.7 Å². The van der Waals surface area contributed by atoms with Crippen molar-refractivity contribution in [3.05, 3.63) is 54.4 Å². The Labute approximate surface area is 167 Å². The third-order valence-corrected chi connectivity index (χ3v) is 5.19. The average Bonchev–Trinajstić information content (AvgIpc) is 3.10. The minimum absolute atomic E-state index is 0.00418. The van der Waals surface area contributed by atoms with Crippen LogP contribution in [0.4, 0.5) is 5.69 Å². The second-order valence-corrected chi connectivity index (χ2v) is 7.48. The van der Waals surface area contributed by atoms with E-state index >= 15 is 0 Å². The number of carbonyl (C=O) groups is 2. The summed E-state index contributed by atoms with van der Waals surface area (Å²) >= 11 is 1.38. The number of benzene rings is 1. The molecule has 0 radical (unpaired) electrons.